The quantitative estimate of drug-likeness (QED) is 0.865. The molecule has 2 aromatic rings. The lowest BCUT2D eigenvalue weighted by molar-refractivity contribution is -0.137. The van der Waals surface area contributed by atoms with Crippen molar-refractivity contribution in [2.75, 3.05) is 6.54 Å². The van der Waals surface area contributed by atoms with Crippen LogP contribution in [0, 0.1) is 5.82 Å². The topological polar surface area (TPSA) is 24.9 Å². The standard InChI is InChI=1S/C15H14F4N2/c1-2-21-14(12-7-8-20-9-13(12)16)10-3-5-11(6-4-10)15(17,18)19/h3-9,14,21H,2H2,1H3. The maximum atomic E-state index is 13.8. The van der Waals surface area contributed by atoms with Gasteiger partial charge in [0, 0.05) is 11.8 Å². The molecule has 0 saturated heterocycles. The number of pyridine rings is 1. The minimum Gasteiger partial charge on any atom is -0.306 e. The van der Waals surface area contributed by atoms with Crippen LogP contribution >= 0.6 is 0 Å². The van der Waals surface area contributed by atoms with Crippen molar-refractivity contribution < 1.29 is 17.6 Å². The van der Waals surface area contributed by atoms with Crippen LogP contribution in [0.4, 0.5) is 17.6 Å². The van der Waals surface area contributed by atoms with E-state index in [0.29, 0.717) is 17.7 Å². The highest BCUT2D eigenvalue weighted by Gasteiger charge is 2.30. The van der Waals surface area contributed by atoms with Gasteiger partial charge in [-0.25, -0.2) is 4.39 Å². The van der Waals surface area contributed by atoms with Crippen molar-refractivity contribution in [3.8, 4) is 0 Å². The highest BCUT2D eigenvalue weighted by atomic mass is 19.4. The minimum atomic E-state index is -4.38. The van der Waals surface area contributed by atoms with E-state index in [-0.39, 0.29) is 0 Å². The lowest BCUT2D eigenvalue weighted by Crippen LogP contribution is -2.23. The van der Waals surface area contributed by atoms with Crippen molar-refractivity contribution in [1.82, 2.24) is 10.3 Å². The average molecular weight is 298 g/mol. The minimum absolute atomic E-state index is 0.353. The van der Waals surface area contributed by atoms with Gasteiger partial charge in [-0.3, -0.25) is 4.98 Å². The Hall–Kier alpha value is -1.95. The van der Waals surface area contributed by atoms with Crippen molar-refractivity contribution in [2.45, 2.75) is 19.1 Å². The highest BCUT2D eigenvalue weighted by Crippen LogP contribution is 2.31. The molecule has 0 aliphatic heterocycles. The molecule has 0 bridgehead atoms. The molecular formula is C15H14F4N2. The van der Waals surface area contributed by atoms with E-state index in [2.05, 4.69) is 10.3 Å². The Labute approximate surface area is 119 Å². The Morgan fingerprint density at radius 1 is 1.14 bits per heavy atom. The molecule has 0 aliphatic rings. The third-order valence-electron chi connectivity index (χ3n) is 3.09. The van der Waals surface area contributed by atoms with Crippen LogP contribution in [0.2, 0.25) is 0 Å². The number of aromatic nitrogens is 1. The summed E-state index contributed by atoms with van der Waals surface area (Å²) in [5.74, 6) is -0.497. The van der Waals surface area contributed by atoms with Gasteiger partial charge in [-0.05, 0) is 30.3 Å². The maximum Gasteiger partial charge on any atom is 0.416 e. The van der Waals surface area contributed by atoms with Crippen molar-refractivity contribution >= 4 is 0 Å². The van der Waals surface area contributed by atoms with Crippen molar-refractivity contribution in [2.24, 2.45) is 0 Å². The van der Waals surface area contributed by atoms with Crippen LogP contribution in [-0.4, -0.2) is 11.5 Å². The molecule has 1 atom stereocenters. The van der Waals surface area contributed by atoms with Crippen molar-refractivity contribution in [1.29, 1.82) is 0 Å². The summed E-state index contributed by atoms with van der Waals surface area (Å²) in [5, 5.41) is 3.07. The van der Waals surface area contributed by atoms with Crippen molar-refractivity contribution in [3.05, 3.63) is 65.2 Å². The summed E-state index contributed by atoms with van der Waals surface area (Å²) in [6, 6.07) is 5.71. The van der Waals surface area contributed by atoms with Crippen LogP contribution in [0.15, 0.2) is 42.7 Å². The Morgan fingerprint density at radius 2 is 1.81 bits per heavy atom. The number of nitrogens with one attached hydrogen (secondary N) is 1. The fraction of sp³-hybridized carbons (Fsp3) is 0.267. The second-order valence-corrected chi connectivity index (χ2v) is 4.51. The normalized spacial score (nSPS) is 13.2. The molecule has 2 rings (SSSR count). The third-order valence-corrected chi connectivity index (χ3v) is 3.09. The second-order valence-electron chi connectivity index (χ2n) is 4.51. The monoisotopic (exact) mass is 298 g/mol. The Morgan fingerprint density at radius 3 is 2.33 bits per heavy atom. The summed E-state index contributed by atoms with van der Waals surface area (Å²) in [4.78, 5) is 3.68. The summed E-state index contributed by atoms with van der Waals surface area (Å²) in [6.07, 6.45) is -1.84. The first-order chi connectivity index (χ1) is 9.93. The number of nitrogens with zero attached hydrogens (tertiary/aromatic N) is 1. The van der Waals surface area contributed by atoms with Crippen LogP contribution in [0.25, 0.3) is 0 Å². The summed E-state index contributed by atoms with van der Waals surface area (Å²) in [7, 11) is 0. The lowest BCUT2D eigenvalue weighted by Gasteiger charge is -2.20. The van der Waals surface area contributed by atoms with E-state index < -0.39 is 23.6 Å². The van der Waals surface area contributed by atoms with E-state index in [0.717, 1.165) is 18.3 Å². The average Bonchev–Trinajstić information content (AvgIpc) is 2.45. The van der Waals surface area contributed by atoms with Crippen LogP contribution in [-0.2, 0) is 6.18 Å². The number of hydrogen-bond donors (Lipinski definition) is 1. The first-order valence-corrected chi connectivity index (χ1v) is 6.43. The largest absolute Gasteiger partial charge is 0.416 e. The van der Waals surface area contributed by atoms with Crippen LogP contribution in [0.1, 0.15) is 29.7 Å². The zero-order valence-electron chi connectivity index (χ0n) is 11.3. The molecule has 1 aromatic heterocycles. The molecule has 112 valence electrons. The Bertz CT molecular complexity index is 593. The van der Waals surface area contributed by atoms with Gasteiger partial charge in [0.1, 0.15) is 5.82 Å². The van der Waals surface area contributed by atoms with Gasteiger partial charge in [-0.1, -0.05) is 19.1 Å². The van der Waals surface area contributed by atoms with Gasteiger partial charge in [0.05, 0.1) is 17.8 Å². The van der Waals surface area contributed by atoms with Gasteiger partial charge in [0.2, 0.25) is 0 Å². The second kappa shape index (κ2) is 6.22. The van der Waals surface area contributed by atoms with Gasteiger partial charge >= 0.3 is 6.18 Å². The summed E-state index contributed by atoms with van der Waals surface area (Å²) in [6.45, 7) is 2.39. The van der Waals surface area contributed by atoms with E-state index >= 15 is 0 Å². The molecule has 2 nitrogen and oxygen atoms in total. The van der Waals surface area contributed by atoms with Crippen molar-refractivity contribution in [3.63, 3.8) is 0 Å². The van der Waals surface area contributed by atoms with Gasteiger partial charge < -0.3 is 5.32 Å². The molecule has 1 N–H and O–H groups in total. The zero-order chi connectivity index (χ0) is 15.5. The molecule has 6 heteroatoms. The van der Waals surface area contributed by atoms with Gasteiger partial charge in [0.25, 0.3) is 0 Å². The molecule has 1 unspecified atom stereocenters. The first kappa shape index (κ1) is 15.4. The van der Waals surface area contributed by atoms with E-state index in [1.54, 1.807) is 0 Å². The third kappa shape index (κ3) is 3.58. The summed E-state index contributed by atoms with van der Waals surface area (Å²) in [5.41, 5.74) is 0.193. The summed E-state index contributed by atoms with van der Waals surface area (Å²) >= 11 is 0. The molecule has 0 spiro atoms. The molecule has 0 aliphatic carbocycles. The fourth-order valence-corrected chi connectivity index (χ4v) is 2.10. The number of halogens is 4. The van der Waals surface area contributed by atoms with E-state index in [4.69, 9.17) is 0 Å². The predicted octanol–water partition coefficient (Wildman–Crippen LogP) is 3.94. The predicted molar refractivity (Wildman–Crippen MR) is 71.2 cm³/mol. The molecule has 0 amide bonds. The number of hydrogen-bond acceptors (Lipinski definition) is 2. The molecule has 0 fully saturated rings. The van der Waals surface area contributed by atoms with E-state index in [9.17, 15) is 17.6 Å². The molecule has 0 radical (unpaired) electrons. The van der Waals surface area contributed by atoms with Crippen LogP contribution in [0.5, 0.6) is 0 Å². The number of benzene rings is 1. The summed E-state index contributed by atoms with van der Waals surface area (Å²) < 4.78 is 51.6. The fourth-order valence-electron chi connectivity index (χ4n) is 2.10. The lowest BCUT2D eigenvalue weighted by atomic mass is 9.98. The highest BCUT2D eigenvalue weighted by molar-refractivity contribution is 5.34. The van der Waals surface area contributed by atoms with Gasteiger partial charge in [-0.15, -0.1) is 0 Å². The van der Waals surface area contributed by atoms with E-state index in [1.165, 1.54) is 24.4 Å². The first-order valence-electron chi connectivity index (χ1n) is 6.43. The van der Waals surface area contributed by atoms with Gasteiger partial charge in [-0.2, -0.15) is 13.2 Å². The molecule has 1 aromatic carbocycles. The Kier molecular flexibility index (Phi) is 4.57. The zero-order valence-corrected chi connectivity index (χ0v) is 11.3. The van der Waals surface area contributed by atoms with Crippen LogP contribution in [0.3, 0.4) is 0 Å². The smallest absolute Gasteiger partial charge is 0.306 e. The molecule has 1 heterocycles. The molecular weight excluding hydrogens is 284 g/mol. The van der Waals surface area contributed by atoms with Gasteiger partial charge in [0.15, 0.2) is 0 Å². The maximum absolute atomic E-state index is 13.8. The van der Waals surface area contributed by atoms with E-state index in [1.807, 2.05) is 6.92 Å². The Balaban J connectivity index is 2.37. The number of rotatable bonds is 4. The van der Waals surface area contributed by atoms with Crippen LogP contribution < -0.4 is 5.32 Å². The SMILES string of the molecule is CCNC(c1ccc(C(F)(F)F)cc1)c1ccncc1F. The molecule has 0 saturated carbocycles. The number of alkyl halides is 3. The molecule has 21 heavy (non-hydrogen) atoms.